The Morgan fingerprint density at radius 1 is 1.50 bits per heavy atom. The van der Waals surface area contributed by atoms with Crippen LogP contribution in [0.5, 0.6) is 0 Å². The molecule has 0 heterocycles. The van der Waals surface area contributed by atoms with Gasteiger partial charge in [0.2, 0.25) is 0 Å². The van der Waals surface area contributed by atoms with Crippen molar-refractivity contribution in [2.24, 2.45) is 5.92 Å². The summed E-state index contributed by atoms with van der Waals surface area (Å²) in [5.41, 5.74) is 0. The molecule has 0 fully saturated rings. The first-order valence-corrected chi connectivity index (χ1v) is 2.67. The quantitative estimate of drug-likeness (QED) is 0.548. The van der Waals surface area contributed by atoms with Gasteiger partial charge in [-0.3, -0.25) is 0 Å². The van der Waals surface area contributed by atoms with Crippen LogP contribution in [0.2, 0.25) is 0 Å². The zero-order chi connectivity index (χ0) is 6.41. The van der Waals surface area contributed by atoms with Gasteiger partial charge in [-0.05, 0) is 0 Å². The van der Waals surface area contributed by atoms with Crippen molar-refractivity contribution in [2.75, 3.05) is 20.3 Å². The molecule has 49 valence electrons. The van der Waals surface area contributed by atoms with Crippen LogP contribution in [-0.2, 0) is 9.47 Å². The van der Waals surface area contributed by atoms with Gasteiger partial charge in [0, 0.05) is 13.0 Å². The number of methoxy groups -OCH3 is 1. The van der Waals surface area contributed by atoms with Crippen molar-refractivity contribution in [3.63, 3.8) is 0 Å². The standard InChI is InChI=1S/C6H13O2/c1-6(4-7-2)5-8-3/h6H,2,4-5H2,1,3H3. The molecule has 0 rings (SSSR count). The normalized spacial score (nSPS) is 10.5. The van der Waals surface area contributed by atoms with Crippen molar-refractivity contribution in [1.29, 1.82) is 0 Å². The Bertz CT molecular complexity index is 39.8. The second kappa shape index (κ2) is 5.06. The molecule has 0 spiro atoms. The SMILES string of the molecule is [CH2]OCC(C)COC. The van der Waals surface area contributed by atoms with Crippen LogP contribution in [0.4, 0.5) is 0 Å². The largest absolute Gasteiger partial charge is 0.384 e. The summed E-state index contributed by atoms with van der Waals surface area (Å²) < 4.78 is 9.47. The molecule has 0 bridgehead atoms. The Morgan fingerprint density at radius 3 is 2.50 bits per heavy atom. The maximum absolute atomic E-state index is 4.85. The second-order valence-electron chi connectivity index (χ2n) is 1.93. The predicted octanol–water partition coefficient (Wildman–Crippen LogP) is 1.08. The number of hydrogen-bond acceptors (Lipinski definition) is 2. The molecule has 0 aromatic rings. The van der Waals surface area contributed by atoms with E-state index in [4.69, 9.17) is 4.74 Å². The Balaban J connectivity index is 2.92. The molecule has 0 aliphatic heterocycles. The van der Waals surface area contributed by atoms with E-state index in [1.165, 1.54) is 0 Å². The van der Waals surface area contributed by atoms with Crippen LogP contribution < -0.4 is 0 Å². The van der Waals surface area contributed by atoms with Crippen LogP contribution in [0.1, 0.15) is 6.92 Å². The van der Waals surface area contributed by atoms with Crippen LogP contribution >= 0.6 is 0 Å². The highest BCUT2D eigenvalue weighted by Crippen LogP contribution is 1.93. The molecule has 2 heteroatoms. The van der Waals surface area contributed by atoms with Gasteiger partial charge in [0.05, 0.1) is 20.3 Å². The van der Waals surface area contributed by atoms with E-state index in [-0.39, 0.29) is 0 Å². The van der Waals surface area contributed by atoms with Crippen LogP contribution in [-0.4, -0.2) is 20.3 Å². The molecular formula is C6H13O2. The molecule has 1 unspecified atom stereocenters. The molecule has 8 heavy (non-hydrogen) atoms. The first-order valence-electron chi connectivity index (χ1n) is 2.67. The fourth-order valence-corrected chi connectivity index (χ4v) is 0.534. The highest BCUT2D eigenvalue weighted by molar-refractivity contribution is 4.46. The summed E-state index contributed by atoms with van der Waals surface area (Å²) in [5.74, 6) is 0.456. The van der Waals surface area contributed by atoms with Crippen molar-refractivity contribution in [1.82, 2.24) is 0 Å². The van der Waals surface area contributed by atoms with Gasteiger partial charge in [0.15, 0.2) is 0 Å². The van der Waals surface area contributed by atoms with Gasteiger partial charge in [0.1, 0.15) is 0 Å². The Hall–Kier alpha value is -0.0800. The average Bonchev–Trinajstić information content (AvgIpc) is 1.68. The van der Waals surface area contributed by atoms with E-state index in [0.717, 1.165) is 6.61 Å². The molecule has 0 saturated heterocycles. The van der Waals surface area contributed by atoms with Gasteiger partial charge in [0.25, 0.3) is 0 Å². The van der Waals surface area contributed by atoms with Gasteiger partial charge in [-0.1, -0.05) is 6.92 Å². The summed E-state index contributed by atoms with van der Waals surface area (Å²) in [4.78, 5) is 0. The van der Waals surface area contributed by atoms with Gasteiger partial charge >= 0.3 is 0 Å². The van der Waals surface area contributed by atoms with Crippen LogP contribution in [0.25, 0.3) is 0 Å². The van der Waals surface area contributed by atoms with Crippen LogP contribution in [0.15, 0.2) is 0 Å². The zero-order valence-corrected chi connectivity index (χ0v) is 5.52. The van der Waals surface area contributed by atoms with E-state index < -0.39 is 0 Å². The maximum atomic E-state index is 4.85. The molecule has 0 aromatic heterocycles. The predicted molar refractivity (Wildman–Crippen MR) is 32.3 cm³/mol. The molecule has 1 atom stereocenters. The van der Waals surface area contributed by atoms with E-state index in [9.17, 15) is 0 Å². The summed E-state index contributed by atoms with van der Waals surface area (Å²) in [6, 6.07) is 0. The Kier molecular flexibility index (Phi) is 5.01. The van der Waals surface area contributed by atoms with E-state index in [1.54, 1.807) is 7.11 Å². The fraction of sp³-hybridized carbons (Fsp3) is 0.833. The highest BCUT2D eigenvalue weighted by Gasteiger charge is 1.97. The Labute approximate surface area is 50.8 Å². The van der Waals surface area contributed by atoms with E-state index in [1.807, 2.05) is 0 Å². The van der Waals surface area contributed by atoms with E-state index in [2.05, 4.69) is 18.8 Å². The lowest BCUT2D eigenvalue weighted by Gasteiger charge is -2.06. The van der Waals surface area contributed by atoms with Crippen LogP contribution in [0.3, 0.4) is 0 Å². The third kappa shape index (κ3) is 4.09. The Morgan fingerprint density at radius 2 is 2.12 bits per heavy atom. The van der Waals surface area contributed by atoms with Gasteiger partial charge in [-0.2, -0.15) is 0 Å². The lowest BCUT2D eigenvalue weighted by Crippen LogP contribution is -2.08. The van der Waals surface area contributed by atoms with Crippen LogP contribution in [0, 0.1) is 13.0 Å². The molecule has 0 aromatic carbocycles. The smallest absolute Gasteiger partial charge is 0.0700 e. The number of hydrogen-bond donors (Lipinski definition) is 0. The van der Waals surface area contributed by atoms with Gasteiger partial charge in [-0.25, -0.2) is 0 Å². The monoisotopic (exact) mass is 117 g/mol. The molecule has 0 aliphatic carbocycles. The maximum Gasteiger partial charge on any atom is 0.0700 e. The summed E-state index contributed by atoms with van der Waals surface area (Å²) in [6.45, 7) is 3.47. The van der Waals surface area contributed by atoms with Gasteiger partial charge in [-0.15, -0.1) is 0 Å². The highest BCUT2D eigenvalue weighted by atomic mass is 16.5. The first-order chi connectivity index (χ1) is 3.81. The van der Waals surface area contributed by atoms with Crippen molar-refractivity contribution in [3.05, 3.63) is 7.11 Å². The third-order valence-corrected chi connectivity index (χ3v) is 0.854. The number of ether oxygens (including phenoxy) is 2. The molecule has 0 saturated carbocycles. The number of rotatable bonds is 4. The first kappa shape index (κ1) is 7.92. The van der Waals surface area contributed by atoms with E-state index in [0.29, 0.717) is 12.5 Å². The summed E-state index contributed by atoms with van der Waals surface area (Å²) >= 11 is 0. The average molecular weight is 117 g/mol. The molecule has 1 radical (unpaired) electrons. The molecule has 0 N–H and O–H groups in total. The lowest BCUT2D eigenvalue weighted by molar-refractivity contribution is 0.108. The molecular weight excluding hydrogens is 104 g/mol. The molecule has 2 nitrogen and oxygen atoms in total. The van der Waals surface area contributed by atoms with Crippen molar-refractivity contribution < 1.29 is 9.47 Å². The topological polar surface area (TPSA) is 18.5 Å². The van der Waals surface area contributed by atoms with Gasteiger partial charge < -0.3 is 9.47 Å². The zero-order valence-electron chi connectivity index (χ0n) is 5.52. The molecule has 0 amide bonds. The summed E-state index contributed by atoms with van der Waals surface area (Å²) in [6.07, 6.45) is 0. The molecule has 0 aliphatic rings. The minimum absolute atomic E-state index is 0.456. The summed E-state index contributed by atoms with van der Waals surface area (Å²) in [7, 11) is 4.93. The lowest BCUT2D eigenvalue weighted by atomic mass is 10.2. The van der Waals surface area contributed by atoms with Crippen molar-refractivity contribution in [2.45, 2.75) is 6.92 Å². The minimum atomic E-state index is 0.456. The third-order valence-electron chi connectivity index (χ3n) is 0.854. The van der Waals surface area contributed by atoms with Crippen molar-refractivity contribution >= 4 is 0 Å². The fourth-order valence-electron chi connectivity index (χ4n) is 0.534. The van der Waals surface area contributed by atoms with E-state index >= 15 is 0 Å². The van der Waals surface area contributed by atoms with Crippen molar-refractivity contribution in [3.8, 4) is 0 Å². The minimum Gasteiger partial charge on any atom is -0.384 e. The second-order valence-corrected chi connectivity index (χ2v) is 1.93. The summed E-state index contributed by atoms with van der Waals surface area (Å²) in [5, 5.41) is 0.